The lowest BCUT2D eigenvalue weighted by Gasteiger charge is -2.58. The van der Waals surface area contributed by atoms with Crippen molar-refractivity contribution >= 4 is 5.78 Å². The van der Waals surface area contributed by atoms with Gasteiger partial charge in [0.1, 0.15) is 0 Å². The van der Waals surface area contributed by atoms with Gasteiger partial charge >= 0.3 is 0 Å². The molecule has 1 nitrogen and oxygen atoms in total. The second-order valence-electron chi connectivity index (χ2n) is 12.3. The van der Waals surface area contributed by atoms with E-state index in [0.717, 1.165) is 48.3 Å². The Hall–Kier alpha value is -0.850. The Morgan fingerprint density at radius 3 is 2.47 bits per heavy atom. The van der Waals surface area contributed by atoms with Crippen molar-refractivity contribution in [2.24, 2.45) is 52.3 Å². The van der Waals surface area contributed by atoms with Crippen LogP contribution in [-0.4, -0.2) is 5.78 Å². The molecule has 0 aliphatic heterocycles. The second-order valence-corrected chi connectivity index (χ2v) is 12.3. The van der Waals surface area contributed by atoms with Gasteiger partial charge in [0.25, 0.3) is 0 Å². The minimum Gasteiger partial charge on any atom is -0.295 e. The summed E-state index contributed by atoms with van der Waals surface area (Å²) < 4.78 is 0. The number of carbonyl (C=O) groups is 1. The van der Waals surface area contributed by atoms with Gasteiger partial charge in [0.2, 0.25) is 0 Å². The third-order valence-electron chi connectivity index (χ3n) is 10.7. The average molecular weight is 411 g/mol. The summed E-state index contributed by atoms with van der Waals surface area (Å²) in [6.07, 6.45) is 18.5. The van der Waals surface area contributed by atoms with Crippen LogP contribution >= 0.6 is 0 Å². The Bertz CT molecular complexity index is 714. The van der Waals surface area contributed by atoms with E-state index in [0.29, 0.717) is 22.5 Å². The number of carbonyl (C=O) groups excluding carboxylic acids is 1. The van der Waals surface area contributed by atoms with E-state index in [2.05, 4.69) is 59.8 Å². The summed E-state index contributed by atoms with van der Waals surface area (Å²) in [4.78, 5) is 12.1. The molecule has 1 heteroatoms. The number of fused-ring (bicyclic) bond motifs is 5. The fourth-order valence-electron chi connectivity index (χ4n) is 8.75. The molecule has 0 N–H and O–H groups in total. The van der Waals surface area contributed by atoms with Gasteiger partial charge < -0.3 is 0 Å². The second kappa shape index (κ2) is 8.25. The van der Waals surface area contributed by atoms with Crippen LogP contribution in [0.3, 0.4) is 0 Å². The standard InChI is InChI=1S/C29H46O/c1-7-21(19(2)3)9-8-20(4)25-12-13-26-24-11-10-22-18-23(30)14-16-28(22,5)27(24)15-17-29(25,26)6/h8-9,18-21,24-27H,7,10-17H2,1-6H3/b9-8+/t20?,21?,24-,25+,26-,27-,28-,29+/m0/s1. The minimum atomic E-state index is 0.313. The van der Waals surface area contributed by atoms with Crippen LogP contribution in [0.1, 0.15) is 99.3 Å². The van der Waals surface area contributed by atoms with Gasteiger partial charge in [-0.2, -0.15) is 0 Å². The molecule has 8 atom stereocenters. The van der Waals surface area contributed by atoms with Gasteiger partial charge in [-0.3, -0.25) is 4.79 Å². The third kappa shape index (κ3) is 3.57. The van der Waals surface area contributed by atoms with Crippen LogP contribution in [0.15, 0.2) is 23.8 Å². The lowest BCUT2D eigenvalue weighted by Crippen LogP contribution is -2.50. The molecule has 168 valence electrons. The van der Waals surface area contributed by atoms with Crippen LogP contribution in [0.4, 0.5) is 0 Å². The van der Waals surface area contributed by atoms with Crippen LogP contribution < -0.4 is 0 Å². The Balaban J connectivity index is 1.52. The van der Waals surface area contributed by atoms with E-state index in [4.69, 9.17) is 0 Å². The van der Waals surface area contributed by atoms with Gasteiger partial charge in [-0.05, 0) is 110 Å². The Morgan fingerprint density at radius 2 is 1.77 bits per heavy atom. The third-order valence-corrected chi connectivity index (χ3v) is 10.7. The number of rotatable bonds is 5. The summed E-state index contributed by atoms with van der Waals surface area (Å²) >= 11 is 0. The topological polar surface area (TPSA) is 17.1 Å². The molecular weight excluding hydrogens is 364 g/mol. The summed E-state index contributed by atoms with van der Waals surface area (Å²) in [5.41, 5.74) is 2.34. The molecule has 30 heavy (non-hydrogen) atoms. The van der Waals surface area contributed by atoms with E-state index in [9.17, 15) is 4.79 Å². The highest BCUT2D eigenvalue weighted by molar-refractivity contribution is 5.91. The Kier molecular flexibility index (Phi) is 6.15. The maximum atomic E-state index is 12.1. The molecule has 4 aliphatic carbocycles. The minimum absolute atomic E-state index is 0.313. The monoisotopic (exact) mass is 410 g/mol. The lowest BCUT2D eigenvalue weighted by atomic mass is 9.46. The van der Waals surface area contributed by atoms with Crippen molar-refractivity contribution in [3.05, 3.63) is 23.8 Å². The van der Waals surface area contributed by atoms with Crippen molar-refractivity contribution in [1.29, 1.82) is 0 Å². The van der Waals surface area contributed by atoms with E-state index >= 15 is 0 Å². The fraction of sp³-hybridized carbons (Fsp3) is 0.828. The molecule has 0 heterocycles. The van der Waals surface area contributed by atoms with Crippen molar-refractivity contribution in [3.8, 4) is 0 Å². The van der Waals surface area contributed by atoms with E-state index in [1.165, 1.54) is 50.5 Å². The highest BCUT2D eigenvalue weighted by Crippen LogP contribution is 2.67. The van der Waals surface area contributed by atoms with Gasteiger partial charge in [0.05, 0.1) is 0 Å². The van der Waals surface area contributed by atoms with E-state index in [-0.39, 0.29) is 0 Å². The Labute approximate surface area is 186 Å². The maximum absolute atomic E-state index is 12.1. The Morgan fingerprint density at radius 1 is 1.00 bits per heavy atom. The summed E-state index contributed by atoms with van der Waals surface area (Å²) in [7, 11) is 0. The first-order valence-electron chi connectivity index (χ1n) is 13.1. The van der Waals surface area contributed by atoms with Crippen molar-refractivity contribution in [2.75, 3.05) is 0 Å². The SMILES string of the molecule is CCC(/C=C/C(C)[C@H]1CC[C@H]2[C@@H]3CCC4=CC(=O)CC[C@]4(C)[C@H]3CC[C@]12C)C(C)C. The van der Waals surface area contributed by atoms with Crippen molar-refractivity contribution < 1.29 is 4.79 Å². The smallest absolute Gasteiger partial charge is 0.155 e. The summed E-state index contributed by atoms with van der Waals surface area (Å²) in [6, 6.07) is 0. The average Bonchev–Trinajstić information content (AvgIpc) is 3.06. The normalized spacial score (nSPS) is 43.2. The van der Waals surface area contributed by atoms with Gasteiger partial charge in [0.15, 0.2) is 5.78 Å². The maximum Gasteiger partial charge on any atom is 0.155 e. The van der Waals surface area contributed by atoms with E-state index < -0.39 is 0 Å². The van der Waals surface area contributed by atoms with Gasteiger partial charge in [0, 0.05) is 6.42 Å². The summed E-state index contributed by atoms with van der Waals surface area (Å²) in [5, 5.41) is 0. The molecule has 3 saturated carbocycles. The number of allylic oxidation sites excluding steroid dienone is 3. The predicted octanol–water partition coefficient (Wildman–Crippen LogP) is 8.01. The number of ketones is 1. The largest absolute Gasteiger partial charge is 0.295 e. The zero-order chi connectivity index (χ0) is 21.7. The molecule has 0 saturated heterocycles. The molecule has 0 amide bonds. The fourth-order valence-corrected chi connectivity index (χ4v) is 8.75. The first-order chi connectivity index (χ1) is 14.2. The quantitative estimate of drug-likeness (QED) is 0.419. The van der Waals surface area contributed by atoms with Gasteiger partial charge in [-0.25, -0.2) is 0 Å². The van der Waals surface area contributed by atoms with E-state index in [1.54, 1.807) is 0 Å². The van der Waals surface area contributed by atoms with Crippen LogP contribution in [0.25, 0.3) is 0 Å². The molecule has 3 fully saturated rings. The number of hydrogen-bond acceptors (Lipinski definition) is 1. The molecule has 0 aromatic heterocycles. The first-order valence-corrected chi connectivity index (χ1v) is 13.1. The summed E-state index contributed by atoms with van der Waals surface area (Å²) in [5.74, 6) is 6.01. The highest BCUT2D eigenvalue weighted by Gasteiger charge is 2.59. The van der Waals surface area contributed by atoms with Crippen molar-refractivity contribution in [1.82, 2.24) is 0 Å². The predicted molar refractivity (Wildman–Crippen MR) is 127 cm³/mol. The van der Waals surface area contributed by atoms with Crippen LogP contribution in [0.5, 0.6) is 0 Å². The molecule has 2 unspecified atom stereocenters. The molecule has 4 rings (SSSR count). The zero-order valence-electron chi connectivity index (χ0n) is 20.5. The molecule has 4 aliphatic rings. The first kappa shape index (κ1) is 22.3. The van der Waals surface area contributed by atoms with Crippen LogP contribution in [0.2, 0.25) is 0 Å². The molecule has 0 bridgehead atoms. The highest BCUT2D eigenvalue weighted by atomic mass is 16.1. The molecule has 0 aromatic rings. The molecular formula is C29H46O. The zero-order valence-corrected chi connectivity index (χ0v) is 20.5. The van der Waals surface area contributed by atoms with E-state index in [1.807, 2.05) is 0 Å². The van der Waals surface area contributed by atoms with Gasteiger partial charge in [-0.15, -0.1) is 0 Å². The van der Waals surface area contributed by atoms with Crippen LogP contribution in [-0.2, 0) is 4.79 Å². The van der Waals surface area contributed by atoms with Crippen molar-refractivity contribution in [3.63, 3.8) is 0 Å². The van der Waals surface area contributed by atoms with Crippen LogP contribution in [0, 0.1) is 52.3 Å². The lowest BCUT2D eigenvalue weighted by molar-refractivity contribution is -0.117. The summed E-state index contributed by atoms with van der Waals surface area (Å²) in [6.45, 7) is 14.7. The molecule has 0 spiro atoms. The molecule has 0 radical (unpaired) electrons. The van der Waals surface area contributed by atoms with Crippen molar-refractivity contribution in [2.45, 2.75) is 99.3 Å². The molecule has 0 aromatic carbocycles. The van der Waals surface area contributed by atoms with Gasteiger partial charge in [-0.1, -0.05) is 59.3 Å². The number of hydrogen-bond donors (Lipinski definition) is 0.